The van der Waals surface area contributed by atoms with Crippen LogP contribution in [-0.2, 0) is 0 Å². The molecule has 1 aliphatic heterocycles. The van der Waals surface area contributed by atoms with Gasteiger partial charge in [0.25, 0.3) is 0 Å². The normalized spacial score (nSPS) is 22.8. The minimum Gasteiger partial charge on any atom is -0.493 e. The maximum Gasteiger partial charge on any atom is 0.230 e. The third-order valence-electron chi connectivity index (χ3n) is 6.55. The number of methoxy groups -OCH3 is 1. The van der Waals surface area contributed by atoms with Gasteiger partial charge in [0.15, 0.2) is 23.1 Å². The topological polar surface area (TPSA) is 82.7 Å². The number of aromatic nitrogens is 2. The van der Waals surface area contributed by atoms with Gasteiger partial charge in [-0.15, -0.1) is 0 Å². The van der Waals surface area contributed by atoms with Gasteiger partial charge in [0, 0.05) is 30.9 Å². The predicted octanol–water partition coefficient (Wildman–Crippen LogP) is 4.12. The largest absolute Gasteiger partial charge is 0.493 e. The fraction of sp³-hybridized carbons (Fsp3) is 0.417. The molecular weight excluding hydrogens is 411 g/mol. The zero-order valence-electron chi connectivity index (χ0n) is 18.3. The zero-order valence-corrected chi connectivity index (χ0v) is 18.3. The first-order chi connectivity index (χ1) is 15.5. The molecule has 8 heteroatoms. The van der Waals surface area contributed by atoms with Crippen molar-refractivity contribution in [2.45, 2.75) is 12.8 Å². The van der Waals surface area contributed by atoms with Gasteiger partial charge in [-0.2, -0.15) is 0 Å². The van der Waals surface area contributed by atoms with Crippen molar-refractivity contribution in [3.63, 3.8) is 0 Å². The molecular formula is C24H27FN4O3. The van der Waals surface area contributed by atoms with Crippen LogP contribution in [0.1, 0.15) is 12.8 Å². The van der Waals surface area contributed by atoms with Gasteiger partial charge in [-0.1, -0.05) is 0 Å². The number of likely N-dealkylation sites (tertiary alicyclic amines) is 1. The van der Waals surface area contributed by atoms with Crippen LogP contribution >= 0.6 is 0 Å². The first-order valence-electron chi connectivity index (χ1n) is 10.9. The van der Waals surface area contributed by atoms with E-state index in [-0.39, 0.29) is 11.6 Å². The van der Waals surface area contributed by atoms with E-state index in [2.05, 4.69) is 21.9 Å². The number of hydrogen-bond donors (Lipinski definition) is 1. The molecule has 1 saturated carbocycles. The molecule has 32 heavy (non-hydrogen) atoms. The Bertz CT molecular complexity index is 1130. The number of nitrogens with zero attached hydrogens (tertiary/aromatic N) is 3. The van der Waals surface area contributed by atoms with Crippen LogP contribution in [0.2, 0.25) is 0 Å². The van der Waals surface area contributed by atoms with Crippen LogP contribution in [0.25, 0.3) is 10.9 Å². The molecule has 7 nitrogen and oxygen atoms in total. The minimum atomic E-state index is -0.559. The lowest BCUT2D eigenvalue weighted by molar-refractivity contribution is 0.227. The number of fused-ring (bicyclic) bond motifs is 2. The number of ether oxygens (including phenoxy) is 3. The maximum atomic E-state index is 14.2. The van der Waals surface area contributed by atoms with E-state index in [9.17, 15) is 4.39 Å². The lowest BCUT2D eigenvalue weighted by Crippen LogP contribution is -2.18. The monoisotopic (exact) mass is 438 g/mol. The van der Waals surface area contributed by atoms with Gasteiger partial charge in [-0.25, -0.2) is 14.4 Å². The van der Waals surface area contributed by atoms with Gasteiger partial charge >= 0.3 is 0 Å². The Labute approximate surface area is 186 Å². The highest BCUT2D eigenvalue weighted by molar-refractivity contribution is 5.87. The van der Waals surface area contributed by atoms with Crippen LogP contribution in [0.5, 0.6) is 23.1 Å². The number of benzene rings is 2. The predicted molar refractivity (Wildman–Crippen MR) is 120 cm³/mol. The Morgan fingerprint density at radius 1 is 1.06 bits per heavy atom. The molecule has 168 valence electrons. The molecule has 2 atom stereocenters. The molecule has 2 fully saturated rings. The molecule has 2 unspecified atom stereocenters. The number of rotatable bonds is 6. The number of halogens is 1. The first-order valence-corrected chi connectivity index (χ1v) is 10.9. The van der Waals surface area contributed by atoms with Crippen molar-refractivity contribution in [3.05, 3.63) is 42.5 Å². The highest BCUT2D eigenvalue weighted by atomic mass is 19.1. The molecule has 0 bridgehead atoms. The first kappa shape index (κ1) is 20.8. The number of anilines is 1. The second-order valence-corrected chi connectivity index (χ2v) is 8.88. The Morgan fingerprint density at radius 2 is 1.84 bits per heavy atom. The number of nitrogen functional groups attached to an aromatic ring is 1. The minimum absolute atomic E-state index is 0.0379. The average Bonchev–Trinajstić information content (AvgIpc) is 3.30. The molecule has 1 saturated heterocycles. The SMILES string of the molecule is COc1cc2c(Oc3ccc(N)cc3F)ncnc2cc1OCC1CC2CN(C)CC2C1. The summed E-state index contributed by atoms with van der Waals surface area (Å²) in [6, 6.07) is 7.85. The van der Waals surface area contributed by atoms with Gasteiger partial charge in [0.1, 0.15) is 6.33 Å². The molecule has 2 N–H and O–H groups in total. The Balaban J connectivity index is 1.36. The van der Waals surface area contributed by atoms with Gasteiger partial charge < -0.3 is 24.8 Å². The standard InChI is InChI=1S/C24H27FN4O3/c1-29-10-15-5-14(6-16(15)11-29)12-31-23-9-20-18(8-22(23)30-2)24(28-13-27-20)32-21-4-3-17(26)7-19(21)25/h3-4,7-9,13-16H,5-6,10-12,26H2,1-2H3. The van der Waals surface area contributed by atoms with E-state index in [1.54, 1.807) is 19.2 Å². The second-order valence-electron chi connectivity index (χ2n) is 8.88. The van der Waals surface area contributed by atoms with E-state index in [1.807, 2.05) is 6.07 Å². The quantitative estimate of drug-likeness (QED) is 0.580. The summed E-state index contributed by atoms with van der Waals surface area (Å²) in [5, 5.41) is 0.603. The summed E-state index contributed by atoms with van der Waals surface area (Å²) >= 11 is 0. The second kappa shape index (κ2) is 8.43. The van der Waals surface area contributed by atoms with Gasteiger partial charge in [0.2, 0.25) is 5.88 Å². The molecule has 2 aliphatic rings. The van der Waals surface area contributed by atoms with E-state index in [0.29, 0.717) is 40.6 Å². The molecule has 1 aromatic heterocycles. The van der Waals surface area contributed by atoms with Crippen molar-refractivity contribution in [1.29, 1.82) is 0 Å². The summed E-state index contributed by atoms with van der Waals surface area (Å²) in [5.41, 5.74) is 6.57. The van der Waals surface area contributed by atoms with Gasteiger partial charge in [-0.3, -0.25) is 0 Å². The number of hydrogen-bond acceptors (Lipinski definition) is 7. The molecule has 5 rings (SSSR count). The Kier molecular flexibility index (Phi) is 5.46. The Hall–Kier alpha value is -3.13. The van der Waals surface area contributed by atoms with Crippen molar-refractivity contribution in [2.75, 3.05) is 39.6 Å². The summed E-state index contributed by atoms with van der Waals surface area (Å²) in [6.45, 7) is 3.03. The molecule has 2 aromatic carbocycles. The molecule has 0 amide bonds. The van der Waals surface area contributed by atoms with Gasteiger partial charge in [-0.05, 0) is 55.8 Å². The van der Waals surface area contributed by atoms with Crippen LogP contribution in [0, 0.1) is 23.6 Å². The lowest BCUT2D eigenvalue weighted by Gasteiger charge is -2.17. The average molecular weight is 439 g/mol. The van der Waals surface area contributed by atoms with Crippen LogP contribution < -0.4 is 19.9 Å². The summed E-state index contributed by atoms with van der Waals surface area (Å²) in [7, 11) is 3.79. The summed E-state index contributed by atoms with van der Waals surface area (Å²) < 4.78 is 31.7. The lowest BCUT2D eigenvalue weighted by atomic mass is 10.0. The van der Waals surface area contributed by atoms with Crippen LogP contribution in [0.3, 0.4) is 0 Å². The molecule has 0 spiro atoms. The number of nitrogens with two attached hydrogens (primary N) is 1. The van der Waals surface area contributed by atoms with Crippen molar-refractivity contribution in [2.24, 2.45) is 17.8 Å². The zero-order chi connectivity index (χ0) is 22.2. The molecule has 0 radical (unpaired) electrons. The van der Waals surface area contributed by atoms with Gasteiger partial charge in [0.05, 0.1) is 24.6 Å². The fourth-order valence-corrected chi connectivity index (χ4v) is 5.10. The highest BCUT2D eigenvalue weighted by Crippen LogP contribution is 2.42. The third kappa shape index (κ3) is 4.02. The summed E-state index contributed by atoms with van der Waals surface area (Å²) in [6.07, 6.45) is 3.80. The van der Waals surface area contributed by atoms with Crippen LogP contribution in [0.4, 0.5) is 10.1 Å². The molecule has 2 heterocycles. The van der Waals surface area contributed by atoms with E-state index in [1.165, 1.54) is 44.4 Å². The van der Waals surface area contributed by atoms with E-state index in [4.69, 9.17) is 19.9 Å². The van der Waals surface area contributed by atoms with E-state index >= 15 is 0 Å². The third-order valence-corrected chi connectivity index (χ3v) is 6.55. The van der Waals surface area contributed by atoms with E-state index in [0.717, 1.165) is 11.8 Å². The Morgan fingerprint density at radius 3 is 2.56 bits per heavy atom. The van der Waals surface area contributed by atoms with Crippen molar-refractivity contribution >= 4 is 16.6 Å². The maximum absolute atomic E-state index is 14.2. The smallest absolute Gasteiger partial charge is 0.230 e. The summed E-state index contributed by atoms with van der Waals surface area (Å²) in [5.74, 6) is 3.03. The summed E-state index contributed by atoms with van der Waals surface area (Å²) in [4.78, 5) is 11.0. The van der Waals surface area contributed by atoms with Crippen molar-refractivity contribution in [1.82, 2.24) is 14.9 Å². The molecule has 3 aromatic rings. The van der Waals surface area contributed by atoms with E-state index < -0.39 is 5.82 Å². The van der Waals surface area contributed by atoms with Crippen molar-refractivity contribution < 1.29 is 18.6 Å². The molecule has 1 aliphatic carbocycles. The van der Waals surface area contributed by atoms with Crippen LogP contribution in [0.15, 0.2) is 36.7 Å². The highest BCUT2D eigenvalue weighted by Gasteiger charge is 2.39. The fourth-order valence-electron chi connectivity index (χ4n) is 5.10. The van der Waals surface area contributed by atoms with Crippen molar-refractivity contribution in [3.8, 4) is 23.1 Å². The van der Waals surface area contributed by atoms with Crippen LogP contribution in [-0.4, -0.2) is 48.7 Å².